The molecule has 1 fully saturated rings. The van der Waals surface area contributed by atoms with Crippen molar-refractivity contribution in [1.29, 1.82) is 0 Å². The number of carbonyl (C=O) groups excluding carboxylic acids is 2. The molecule has 1 unspecified atom stereocenters. The largest absolute Gasteiger partial charge is 0.504 e. The first-order chi connectivity index (χ1) is 21.7. The van der Waals surface area contributed by atoms with E-state index < -0.39 is 0 Å². The van der Waals surface area contributed by atoms with Gasteiger partial charge in [0.1, 0.15) is 5.78 Å². The van der Waals surface area contributed by atoms with Gasteiger partial charge in [0.25, 0.3) is 0 Å². The average Bonchev–Trinajstić information content (AvgIpc) is 3.51. The summed E-state index contributed by atoms with van der Waals surface area (Å²) in [4.78, 5) is 29.7. The number of ketones is 2. The number of hydrogen-bond acceptors (Lipinski definition) is 7. The number of rotatable bonds is 16. The van der Waals surface area contributed by atoms with Crippen LogP contribution in [0.2, 0.25) is 0 Å². The summed E-state index contributed by atoms with van der Waals surface area (Å²) in [7, 11) is 1.66. The van der Waals surface area contributed by atoms with Gasteiger partial charge in [-0.1, -0.05) is 24.8 Å². The molecule has 0 saturated heterocycles. The molecular weight excluding hydrogens is 570 g/mol. The van der Waals surface area contributed by atoms with Crippen molar-refractivity contribution < 1.29 is 29.3 Å². The molecule has 2 aliphatic rings. The first-order valence-corrected chi connectivity index (χ1v) is 16.6. The number of Topliss-reactive ketones (excluding diaryl/α,β-unsaturated/α-hetero) is 1. The smallest absolute Gasteiger partial charge is 0.186 e. The summed E-state index contributed by atoms with van der Waals surface area (Å²) in [6, 6.07) is 1.65. The van der Waals surface area contributed by atoms with Crippen LogP contribution in [0.15, 0.2) is 23.2 Å². The van der Waals surface area contributed by atoms with Crippen molar-refractivity contribution in [3.63, 3.8) is 0 Å². The third-order valence-corrected chi connectivity index (χ3v) is 9.08. The van der Waals surface area contributed by atoms with Crippen LogP contribution in [0, 0.1) is 23.7 Å². The number of aliphatic hydroxyl groups excluding tert-OH is 1. The summed E-state index contributed by atoms with van der Waals surface area (Å²) >= 11 is 0. The molecule has 0 heterocycles. The maximum atomic E-state index is 13.0. The Labute approximate surface area is 268 Å². The number of guanidine groups is 1. The van der Waals surface area contributed by atoms with Crippen molar-refractivity contribution in [2.45, 2.75) is 115 Å². The number of carbonyl (C=O) groups is 2. The summed E-state index contributed by atoms with van der Waals surface area (Å²) in [5.74, 6) is 7.00. The van der Waals surface area contributed by atoms with E-state index in [2.05, 4.69) is 16.8 Å². The van der Waals surface area contributed by atoms with Gasteiger partial charge in [0, 0.05) is 50.7 Å². The zero-order valence-electron chi connectivity index (χ0n) is 27.4. The molecule has 1 saturated carbocycles. The molecule has 0 amide bonds. The minimum absolute atomic E-state index is 0.0126. The SMILES string of the molecule is CC[C@H](C=CC(=O)CCc1cc(OC2CCCC2)c(O)c2c1C#CC[C@@H](N=C(N)N)CCC(COC)[C@H]2CCC(C)=O)CCO. The predicted molar refractivity (Wildman–Crippen MR) is 177 cm³/mol. The highest BCUT2D eigenvalue weighted by atomic mass is 16.5. The van der Waals surface area contributed by atoms with Crippen LogP contribution in [-0.2, 0) is 20.7 Å². The summed E-state index contributed by atoms with van der Waals surface area (Å²) in [5, 5.41) is 21.2. The van der Waals surface area contributed by atoms with Crippen LogP contribution in [0.3, 0.4) is 0 Å². The number of nitrogens with two attached hydrogens (primary N) is 2. The van der Waals surface area contributed by atoms with Gasteiger partial charge in [-0.15, -0.1) is 0 Å². The zero-order chi connectivity index (χ0) is 32.8. The Morgan fingerprint density at radius 3 is 2.58 bits per heavy atom. The average molecular weight is 624 g/mol. The molecule has 248 valence electrons. The first kappa shape index (κ1) is 36.1. The van der Waals surface area contributed by atoms with E-state index in [1.54, 1.807) is 20.1 Å². The third-order valence-electron chi connectivity index (χ3n) is 9.08. The van der Waals surface area contributed by atoms with Crippen LogP contribution in [0.5, 0.6) is 11.5 Å². The van der Waals surface area contributed by atoms with E-state index in [1.807, 2.05) is 19.1 Å². The van der Waals surface area contributed by atoms with Crippen LogP contribution in [-0.4, -0.2) is 60.2 Å². The third kappa shape index (κ3) is 11.2. The number of phenolic OH excluding ortho intramolecular Hbond substituents is 1. The van der Waals surface area contributed by atoms with Gasteiger partial charge in [-0.25, -0.2) is 4.99 Å². The van der Waals surface area contributed by atoms with E-state index in [4.69, 9.17) is 20.9 Å². The van der Waals surface area contributed by atoms with Gasteiger partial charge in [-0.2, -0.15) is 0 Å². The van der Waals surface area contributed by atoms with Crippen LogP contribution in [0.25, 0.3) is 0 Å². The normalized spacial score (nSPS) is 21.0. The number of aliphatic hydroxyl groups is 1. The predicted octanol–water partition coefficient (Wildman–Crippen LogP) is 5.07. The van der Waals surface area contributed by atoms with E-state index in [-0.39, 0.29) is 66.2 Å². The molecule has 45 heavy (non-hydrogen) atoms. The first-order valence-electron chi connectivity index (χ1n) is 16.6. The molecule has 4 atom stereocenters. The summed E-state index contributed by atoms with van der Waals surface area (Å²) in [5.41, 5.74) is 13.7. The Morgan fingerprint density at radius 1 is 1.18 bits per heavy atom. The zero-order valence-corrected chi connectivity index (χ0v) is 27.4. The fraction of sp³-hybridized carbons (Fsp3) is 0.639. The molecule has 0 radical (unpaired) electrons. The molecule has 1 aromatic carbocycles. The lowest BCUT2D eigenvalue weighted by molar-refractivity contribution is -0.117. The topological polar surface area (TPSA) is 157 Å². The second-order valence-electron chi connectivity index (χ2n) is 12.6. The second-order valence-corrected chi connectivity index (χ2v) is 12.6. The van der Waals surface area contributed by atoms with E-state index in [0.29, 0.717) is 68.4 Å². The summed E-state index contributed by atoms with van der Waals surface area (Å²) in [6.07, 6.45) is 12.3. The van der Waals surface area contributed by atoms with Crippen molar-refractivity contribution in [2.75, 3.05) is 20.3 Å². The van der Waals surface area contributed by atoms with E-state index in [0.717, 1.165) is 37.7 Å². The van der Waals surface area contributed by atoms with Crippen molar-refractivity contribution in [3.8, 4) is 23.3 Å². The number of hydrogen-bond donors (Lipinski definition) is 4. The van der Waals surface area contributed by atoms with Gasteiger partial charge in [0.2, 0.25) is 0 Å². The van der Waals surface area contributed by atoms with Crippen molar-refractivity contribution >= 4 is 17.5 Å². The van der Waals surface area contributed by atoms with Gasteiger partial charge in [0.05, 0.1) is 12.1 Å². The lowest BCUT2D eigenvalue weighted by atomic mass is 9.75. The molecule has 6 N–H and O–H groups in total. The number of fused-ring (bicyclic) bond motifs is 1. The van der Waals surface area contributed by atoms with Crippen molar-refractivity contribution in [2.24, 2.45) is 28.3 Å². The van der Waals surface area contributed by atoms with Crippen molar-refractivity contribution in [1.82, 2.24) is 0 Å². The standard InChI is InChI=1S/C36H53N3O6/c1-4-25(20-21-40)13-17-29(42)18-15-26-22-33(45-30-9-5-6-10-30)35(43)34-31(26)11-7-8-28(39-36(37)38)16-14-27(23-44-3)32(34)19-12-24(2)41/h13,17,22,25,27-28,30,32,40,43H,4-6,8-10,12,14-16,18-21,23H2,1-3H3,(H4,37,38,39)/t25-,27?,28-,32-/m1/s1. The molecule has 0 bridgehead atoms. The second kappa shape index (κ2) is 18.6. The molecule has 9 heteroatoms. The quantitative estimate of drug-likeness (QED) is 0.0860. The number of nitrogens with zero attached hydrogens (tertiary/aromatic N) is 1. The molecule has 0 spiro atoms. The number of methoxy groups -OCH3 is 1. The Morgan fingerprint density at radius 2 is 1.93 bits per heavy atom. The van der Waals surface area contributed by atoms with Crippen LogP contribution in [0.1, 0.15) is 114 Å². The summed E-state index contributed by atoms with van der Waals surface area (Å²) in [6.45, 7) is 4.12. The van der Waals surface area contributed by atoms with Crippen LogP contribution >= 0.6 is 0 Å². The minimum Gasteiger partial charge on any atom is -0.504 e. The van der Waals surface area contributed by atoms with Crippen LogP contribution in [0.4, 0.5) is 0 Å². The fourth-order valence-electron chi connectivity index (χ4n) is 6.57. The van der Waals surface area contributed by atoms with Crippen LogP contribution < -0.4 is 16.2 Å². The van der Waals surface area contributed by atoms with Gasteiger partial charge >= 0.3 is 0 Å². The van der Waals surface area contributed by atoms with Crippen molar-refractivity contribution in [3.05, 3.63) is 34.9 Å². The maximum Gasteiger partial charge on any atom is 0.186 e. The molecule has 2 aliphatic carbocycles. The van der Waals surface area contributed by atoms with E-state index in [9.17, 15) is 19.8 Å². The highest BCUT2D eigenvalue weighted by Gasteiger charge is 2.33. The van der Waals surface area contributed by atoms with E-state index in [1.165, 1.54) is 0 Å². The maximum absolute atomic E-state index is 13.0. The molecule has 0 aromatic heterocycles. The molecular formula is C36H53N3O6. The Balaban J connectivity index is 2.15. The van der Waals surface area contributed by atoms with Gasteiger partial charge < -0.3 is 35.9 Å². The Kier molecular flexibility index (Phi) is 14.9. The molecule has 0 aliphatic heterocycles. The highest BCUT2D eigenvalue weighted by Crippen LogP contribution is 2.46. The molecule has 9 nitrogen and oxygen atoms in total. The number of aliphatic imine (C=N–C) groups is 1. The summed E-state index contributed by atoms with van der Waals surface area (Å²) < 4.78 is 12.1. The number of phenols is 1. The number of aryl methyl sites for hydroxylation is 1. The highest BCUT2D eigenvalue weighted by molar-refractivity contribution is 5.89. The van der Waals surface area contributed by atoms with Gasteiger partial charge in [-0.05, 0) is 107 Å². The number of benzene rings is 1. The Bertz CT molecular complexity index is 1250. The lowest BCUT2D eigenvalue weighted by Crippen LogP contribution is -2.27. The molecule has 1 aromatic rings. The monoisotopic (exact) mass is 623 g/mol. The number of aromatic hydroxyl groups is 1. The number of allylic oxidation sites excluding steroid dienone is 2. The minimum atomic E-state index is -0.249. The van der Waals surface area contributed by atoms with Gasteiger partial charge in [0.15, 0.2) is 23.2 Å². The number of ether oxygens (including phenoxy) is 2. The lowest BCUT2D eigenvalue weighted by Gasteiger charge is -2.31. The molecule has 3 rings (SSSR count). The van der Waals surface area contributed by atoms with Gasteiger partial charge in [-0.3, -0.25) is 4.79 Å². The van der Waals surface area contributed by atoms with E-state index >= 15 is 0 Å². The fourth-order valence-corrected chi connectivity index (χ4v) is 6.57. The Hall–Kier alpha value is -3.35.